The molecule has 2 rings (SSSR count). The van der Waals surface area contributed by atoms with Gasteiger partial charge in [0.25, 0.3) is 0 Å². The van der Waals surface area contributed by atoms with Gasteiger partial charge in [0, 0.05) is 19.3 Å². The van der Waals surface area contributed by atoms with Crippen molar-refractivity contribution in [1.82, 2.24) is 10.2 Å². The SMILES string of the molecule is CN(CCC1CCOC1)C1CCNCC1. The number of piperidine rings is 1. The van der Waals surface area contributed by atoms with Crippen LogP contribution < -0.4 is 5.32 Å². The summed E-state index contributed by atoms with van der Waals surface area (Å²) in [5.74, 6) is 0.828. The van der Waals surface area contributed by atoms with Crippen LogP contribution in [-0.2, 0) is 4.74 Å². The van der Waals surface area contributed by atoms with Crippen molar-refractivity contribution in [2.24, 2.45) is 5.92 Å². The first kappa shape index (κ1) is 11.4. The van der Waals surface area contributed by atoms with Gasteiger partial charge in [0.15, 0.2) is 0 Å². The highest BCUT2D eigenvalue weighted by Gasteiger charge is 2.20. The summed E-state index contributed by atoms with van der Waals surface area (Å²) >= 11 is 0. The molecule has 0 bridgehead atoms. The molecule has 2 aliphatic heterocycles. The second-order valence-corrected chi connectivity index (χ2v) is 4.98. The Bertz CT molecular complexity index is 174. The van der Waals surface area contributed by atoms with Gasteiger partial charge < -0.3 is 15.0 Å². The first-order valence-corrected chi connectivity index (χ1v) is 6.35. The molecule has 2 heterocycles. The Hall–Kier alpha value is -0.120. The maximum absolute atomic E-state index is 5.41. The van der Waals surface area contributed by atoms with Crippen LogP contribution in [0, 0.1) is 5.92 Å². The topological polar surface area (TPSA) is 24.5 Å². The van der Waals surface area contributed by atoms with Gasteiger partial charge in [-0.15, -0.1) is 0 Å². The molecule has 2 fully saturated rings. The number of ether oxygens (including phenoxy) is 1. The summed E-state index contributed by atoms with van der Waals surface area (Å²) in [5.41, 5.74) is 0. The van der Waals surface area contributed by atoms with Gasteiger partial charge in [-0.25, -0.2) is 0 Å². The van der Waals surface area contributed by atoms with Crippen LogP contribution in [0.3, 0.4) is 0 Å². The van der Waals surface area contributed by atoms with Crippen molar-refractivity contribution in [2.45, 2.75) is 31.7 Å². The first-order valence-electron chi connectivity index (χ1n) is 6.35. The van der Waals surface area contributed by atoms with E-state index in [-0.39, 0.29) is 0 Å². The summed E-state index contributed by atoms with van der Waals surface area (Å²) in [6.45, 7) is 5.63. The third-order valence-electron chi connectivity index (χ3n) is 3.85. The second-order valence-electron chi connectivity index (χ2n) is 4.98. The number of rotatable bonds is 4. The fourth-order valence-electron chi connectivity index (χ4n) is 2.63. The zero-order chi connectivity index (χ0) is 10.5. The third kappa shape index (κ3) is 3.44. The van der Waals surface area contributed by atoms with Crippen LogP contribution in [0.1, 0.15) is 25.7 Å². The summed E-state index contributed by atoms with van der Waals surface area (Å²) < 4.78 is 5.41. The van der Waals surface area contributed by atoms with Gasteiger partial charge in [-0.3, -0.25) is 0 Å². The number of nitrogens with zero attached hydrogens (tertiary/aromatic N) is 1. The van der Waals surface area contributed by atoms with Crippen LogP contribution in [0.15, 0.2) is 0 Å². The smallest absolute Gasteiger partial charge is 0.0495 e. The van der Waals surface area contributed by atoms with Gasteiger partial charge in [-0.1, -0.05) is 0 Å². The van der Waals surface area contributed by atoms with Gasteiger partial charge in [0.05, 0.1) is 0 Å². The predicted octanol–water partition coefficient (Wildman–Crippen LogP) is 1.10. The van der Waals surface area contributed by atoms with E-state index in [2.05, 4.69) is 17.3 Å². The molecule has 0 radical (unpaired) electrons. The van der Waals surface area contributed by atoms with Gasteiger partial charge in [-0.2, -0.15) is 0 Å². The second kappa shape index (κ2) is 5.83. The molecule has 88 valence electrons. The Morgan fingerprint density at radius 1 is 1.27 bits per heavy atom. The van der Waals surface area contributed by atoms with Gasteiger partial charge in [0.2, 0.25) is 0 Å². The Morgan fingerprint density at radius 3 is 2.73 bits per heavy atom. The van der Waals surface area contributed by atoms with Gasteiger partial charge in [0.1, 0.15) is 0 Å². The van der Waals surface area contributed by atoms with E-state index >= 15 is 0 Å². The summed E-state index contributed by atoms with van der Waals surface area (Å²) in [7, 11) is 2.28. The molecule has 2 aliphatic rings. The van der Waals surface area contributed by atoms with Crippen molar-refractivity contribution in [3.05, 3.63) is 0 Å². The van der Waals surface area contributed by atoms with Gasteiger partial charge >= 0.3 is 0 Å². The van der Waals surface area contributed by atoms with E-state index in [9.17, 15) is 0 Å². The molecule has 15 heavy (non-hydrogen) atoms. The largest absolute Gasteiger partial charge is 0.381 e. The fourth-order valence-corrected chi connectivity index (χ4v) is 2.63. The lowest BCUT2D eigenvalue weighted by Crippen LogP contribution is -2.41. The Kier molecular flexibility index (Phi) is 4.42. The van der Waals surface area contributed by atoms with E-state index in [4.69, 9.17) is 4.74 Å². The molecule has 0 saturated carbocycles. The molecule has 1 unspecified atom stereocenters. The standard InChI is InChI=1S/C12H24N2O/c1-14(12-2-6-13-7-3-12)8-4-11-5-9-15-10-11/h11-13H,2-10H2,1H3. The fraction of sp³-hybridized carbons (Fsp3) is 1.00. The first-order chi connectivity index (χ1) is 7.36. The van der Waals surface area contributed by atoms with E-state index in [1.165, 1.54) is 45.3 Å². The molecule has 0 amide bonds. The molecular weight excluding hydrogens is 188 g/mol. The Morgan fingerprint density at radius 2 is 2.07 bits per heavy atom. The van der Waals surface area contributed by atoms with E-state index in [1.54, 1.807) is 0 Å². The number of hydrogen-bond donors (Lipinski definition) is 1. The van der Waals surface area contributed by atoms with Crippen molar-refractivity contribution >= 4 is 0 Å². The highest BCUT2D eigenvalue weighted by Crippen LogP contribution is 2.18. The average Bonchev–Trinajstić information content (AvgIpc) is 2.80. The van der Waals surface area contributed by atoms with Crippen LogP contribution in [0.5, 0.6) is 0 Å². The lowest BCUT2D eigenvalue weighted by molar-refractivity contribution is 0.166. The molecule has 2 saturated heterocycles. The Labute approximate surface area is 93.2 Å². The minimum absolute atomic E-state index is 0.813. The molecule has 3 heteroatoms. The van der Waals surface area contributed by atoms with E-state index in [0.29, 0.717) is 0 Å². The lowest BCUT2D eigenvalue weighted by Gasteiger charge is -2.32. The number of hydrogen-bond acceptors (Lipinski definition) is 3. The van der Waals surface area contributed by atoms with Crippen LogP contribution >= 0.6 is 0 Å². The van der Waals surface area contributed by atoms with Crippen molar-refractivity contribution in [2.75, 3.05) is 39.9 Å². The summed E-state index contributed by atoms with van der Waals surface area (Å²) in [6.07, 6.45) is 5.23. The molecule has 0 aliphatic carbocycles. The zero-order valence-electron chi connectivity index (χ0n) is 9.87. The predicted molar refractivity (Wildman–Crippen MR) is 62.1 cm³/mol. The van der Waals surface area contributed by atoms with Crippen molar-refractivity contribution < 1.29 is 4.74 Å². The van der Waals surface area contributed by atoms with Gasteiger partial charge in [-0.05, 0) is 58.3 Å². The highest BCUT2D eigenvalue weighted by atomic mass is 16.5. The zero-order valence-corrected chi connectivity index (χ0v) is 9.87. The molecule has 0 aromatic carbocycles. The third-order valence-corrected chi connectivity index (χ3v) is 3.85. The maximum Gasteiger partial charge on any atom is 0.0495 e. The van der Waals surface area contributed by atoms with Crippen LogP contribution in [0.4, 0.5) is 0 Å². The highest BCUT2D eigenvalue weighted by molar-refractivity contribution is 4.76. The van der Waals surface area contributed by atoms with E-state index < -0.39 is 0 Å². The molecule has 3 nitrogen and oxygen atoms in total. The summed E-state index contributed by atoms with van der Waals surface area (Å²) in [6, 6.07) is 0.813. The minimum atomic E-state index is 0.813. The van der Waals surface area contributed by atoms with Crippen molar-refractivity contribution in [3.8, 4) is 0 Å². The van der Waals surface area contributed by atoms with Crippen LogP contribution in [0.2, 0.25) is 0 Å². The van der Waals surface area contributed by atoms with Crippen LogP contribution in [-0.4, -0.2) is 50.8 Å². The normalized spacial score (nSPS) is 28.8. The van der Waals surface area contributed by atoms with Crippen molar-refractivity contribution in [3.63, 3.8) is 0 Å². The molecule has 0 aromatic heterocycles. The van der Waals surface area contributed by atoms with E-state index in [0.717, 1.165) is 25.2 Å². The number of nitrogens with one attached hydrogen (secondary N) is 1. The molecule has 1 N–H and O–H groups in total. The molecular formula is C12H24N2O. The monoisotopic (exact) mass is 212 g/mol. The lowest BCUT2D eigenvalue weighted by atomic mass is 10.0. The summed E-state index contributed by atoms with van der Waals surface area (Å²) in [5, 5.41) is 3.42. The molecule has 0 spiro atoms. The average molecular weight is 212 g/mol. The molecule has 1 atom stereocenters. The van der Waals surface area contributed by atoms with Crippen molar-refractivity contribution in [1.29, 1.82) is 0 Å². The quantitative estimate of drug-likeness (QED) is 0.755. The maximum atomic E-state index is 5.41. The molecule has 0 aromatic rings. The minimum Gasteiger partial charge on any atom is -0.381 e. The van der Waals surface area contributed by atoms with Crippen LogP contribution in [0.25, 0.3) is 0 Å². The summed E-state index contributed by atoms with van der Waals surface area (Å²) in [4.78, 5) is 2.55. The van der Waals surface area contributed by atoms with E-state index in [1.807, 2.05) is 0 Å². The Balaban J connectivity index is 1.64.